The van der Waals surface area contributed by atoms with Gasteiger partial charge in [0.15, 0.2) is 16.6 Å². The molecule has 0 fully saturated rings. The lowest BCUT2D eigenvalue weighted by molar-refractivity contribution is 0.0984. The minimum atomic E-state index is -0.441. The van der Waals surface area contributed by atoms with Gasteiger partial charge in [-0.05, 0) is 32.3 Å². The molecule has 1 aliphatic heterocycles. The van der Waals surface area contributed by atoms with E-state index < -0.39 is 5.82 Å². The zero-order valence-corrected chi connectivity index (χ0v) is 17.0. The first-order chi connectivity index (χ1) is 13.0. The van der Waals surface area contributed by atoms with Crippen molar-refractivity contribution in [1.82, 2.24) is 9.88 Å². The molecule has 0 unspecified atom stereocenters. The van der Waals surface area contributed by atoms with Crippen LogP contribution in [0, 0.1) is 5.82 Å². The van der Waals surface area contributed by atoms with E-state index in [9.17, 15) is 9.18 Å². The minimum Gasteiger partial charge on any atom is -0.454 e. The Balaban J connectivity index is 0.00000225. The third kappa shape index (κ3) is 4.04. The average molecular weight is 424 g/mol. The second-order valence-corrected chi connectivity index (χ2v) is 7.45. The van der Waals surface area contributed by atoms with E-state index in [1.54, 1.807) is 11.0 Å². The van der Waals surface area contributed by atoms with Gasteiger partial charge in [0.05, 0.1) is 10.2 Å². The van der Waals surface area contributed by atoms with Gasteiger partial charge < -0.3 is 14.4 Å². The predicted molar refractivity (Wildman–Crippen MR) is 110 cm³/mol. The van der Waals surface area contributed by atoms with Gasteiger partial charge in [-0.1, -0.05) is 17.4 Å². The fraction of sp³-hybridized carbons (Fsp3) is 0.263. The summed E-state index contributed by atoms with van der Waals surface area (Å²) in [5, 5.41) is 0.560. The molecule has 0 bridgehead atoms. The zero-order valence-electron chi connectivity index (χ0n) is 15.3. The summed E-state index contributed by atoms with van der Waals surface area (Å²) in [5.74, 6) is 0.600. The zero-order chi connectivity index (χ0) is 19.0. The Morgan fingerprint density at radius 1 is 1.18 bits per heavy atom. The number of nitrogens with zero attached hydrogens (tertiary/aromatic N) is 3. The highest BCUT2D eigenvalue weighted by atomic mass is 35.5. The van der Waals surface area contributed by atoms with Crippen LogP contribution in [0.5, 0.6) is 11.5 Å². The number of amides is 1. The Bertz CT molecular complexity index is 970. The van der Waals surface area contributed by atoms with Crippen LogP contribution in [-0.2, 0) is 0 Å². The highest BCUT2D eigenvalue weighted by Gasteiger charge is 2.23. The summed E-state index contributed by atoms with van der Waals surface area (Å²) in [6.07, 6.45) is 0. The van der Waals surface area contributed by atoms with Crippen molar-refractivity contribution in [3.8, 4) is 11.5 Å². The highest BCUT2D eigenvalue weighted by molar-refractivity contribution is 7.22. The molecule has 0 radical (unpaired) electrons. The Morgan fingerprint density at radius 2 is 1.93 bits per heavy atom. The van der Waals surface area contributed by atoms with E-state index in [4.69, 9.17) is 9.47 Å². The largest absolute Gasteiger partial charge is 0.454 e. The van der Waals surface area contributed by atoms with Crippen LogP contribution in [0.3, 0.4) is 0 Å². The lowest BCUT2D eigenvalue weighted by atomic mass is 10.2. The molecule has 2 heterocycles. The van der Waals surface area contributed by atoms with E-state index in [1.165, 1.54) is 29.5 Å². The van der Waals surface area contributed by atoms with Crippen LogP contribution >= 0.6 is 23.7 Å². The summed E-state index contributed by atoms with van der Waals surface area (Å²) in [6.45, 7) is 1.29. The maximum absolute atomic E-state index is 13.6. The normalized spacial score (nSPS) is 12.3. The van der Waals surface area contributed by atoms with E-state index in [0.29, 0.717) is 35.3 Å². The lowest BCUT2D eigenvalue weighted by Gasteiger charge is -2.22. The second-order valence-electron chi connectivity index (χ2n) is 6.44. The van der Waals surface area contributed by atoms with Crippen LogP contribution in [0.25, 0.3) is 10.2 Å². The molecule has 2 aromatic carbocycles. The molecule has 0 N–H and O–H groups in total. The molecule has 9 heteroatoms. The second kappa shape index (κ2) is 8.30. The van der Waals surface area contributed by atoms with Gasteiger partial charge in [-0.3, -0.25) is 9.69 Å². The molecule has 1 aromatic heterocycles. The molecule has 28 heavy (non-hydrogen) atoms. The number of carbonyl (C=O) groups is 1. The van der Waals surface area contributed by atoms with Crippen molar-refractivity contribution in [2.24, 2.45) is 0 Å². The van der Waals surface area contributed by atoms with Gasteiger partial charge in [0.2, 0.25) is 6.79 Å². The minimum absolute atomic E-state index is 0. The molecule has 148 valence electrons. The number of aromatic nitrogens is 1. The monoisotopic (exact) mass is 423 g/mol. The van der Waals surface area contributed by atoms with Crippen LogP contribution in [0.2, 0.25) is 0 Å². The first-order valence-electron chi connectivity index (χ1n) is 8.43. The number of halogens is 2. The molecule has 1 aliphatic rings. The van der Waals surface area contributed by atoms with Crippen molar-refractivity contribution in [2.75, 3.05) is 38.9 Å². The number of fused-ring (bicyclic) bond motifs is 2. The summed E-state index contributed by atoms with van der Waals surface area (Å²) in [5.41, 5.74) is 1.03. The van der Waals surface area contributed by atoms with Crippen molar-refractivity contribution in [3.63, 3.8) is 0 Å². The smallest absolute Gasteiger partial charge is 0.260 e. The number of hydrogen-bond acceptors (Lipinski definition) is 6. The number of ether oxygens (including phenoxy) is 2. The average Bonchev–Trinajstić information content (AvgIpc) is 3.24. The number of carbonyl (C=O) groups excluding carboxylic acids is 1. The fourth-order valence-corrected chi connectivity index (χ4v) is 3.78. The molecule has 0 saturated heterocycles. The highest BCUT2D eigenvalue weighted by Crippen LogP contribution is 2.40. The molecule has 1 amide bonds. The van der Waals surface area contributed by atoms with Gasteiger partial charge in [0, 0.05) is 30.8 Å². The van der Waals surface area contributed by atoms with Gasteiger partial charge in [-0.15, -0.1) is 12.4 Å². The molecule has 0 aliphatic carbocycles. The maximum Gasteiger partial charge on any atom is 0.260 e. The van der Waals surface area contributed by atoms with Crippen LogP contribution in [0.15, 0.2) is 36.4 Å². The first kappa shape index (κ1) is 20.3. The molecule has 3 aromatic rings. The Kier molecular flexibility index (Phi) is 6.02. The molecule has 0 saturated carbocycles. The fourth-order valence-electron chi connectivity index (χ4n) is 2.78. The summed E-state index contributed by atoms with van der Waals surface area (Å²) in [4.78, 5) is 21.2. The van der Waals surface area contributed by atoms with Gasteiger partial charge in [-0.25, -0.2) is 9.37 Å². The summed E-state index contributed by atoms with van der Waals surface area (Å²) < 4.78 is 25.3. The van der Waals surface area contributed by atoms with E-state index in [2.05, 4.69) is 4.98 Å². The van der Waals surface area contributed by atoms with Crippen molar-refractivity contribution in [3.05, 3.63) is 47.8 Å². The van der Waals surface area contributed by atoms with Crippen molar-refractivity contribution in [2.45, 2.75) is 0 Å². The van der Waals surface area contributed by atoms with Gasteiger partial charge in [0.1, 0.15) is 5.82 Å². The molecular weight excluding hydrogens is 405 g/mol. The van der Waals surface area contributed by atoms with E-state index >= 15 is 0 Å². The summed E-state index contributed by atoms with van der Waals surface area (Å²) in [6, 6.07) is 9.39. The van der Waals surface area contributed by atoms with Crippen LogP contribution < -0.4 is 14.4 Å². The maximum atomic E-state index is 13.6. The Morgan fingerprint density at radius 3 is 2.64 bits per heavy atom. The van der Waals surface area contributed by atoms with Gasteiger partial charge >= 0.3 is 0 Å². The van der Waals surface area contributed by atoms with E-state index in [1.807, 2.05) is 31.1 Å². The van der Waals surface area contributed by atoms with E-state index in [-0.39, 0.29) is 25.1 Å². The number of thiazole rings is 1. The topological polar surface area (TPSA) is 54.9 Å². The van der Waals surface area contributed by atoms with Gasteiger partial charge in [0.25, 0.3) is 5.91 Å². The number of benzene rings is 2. The number of hydrogen-bond donors (Lipinski definition) is 0. The third-order valence-corrected chi connectivity index (χ3v) is 5.23. The lowest BCUT2D eigenvalue weighted by Crippen LogP contribution is -2.36. The van der Waals surface area contributed by atoms with Gasteiger partial charge in [-0.2, -0.15) is 0 Å². The molecule has 6 nitrogen and oxygen atoms in total. The molecule has 0 spiro atoms. The van der Waals surface area contributed by atoms with Crippen LogP contribution in [0.1, 0.15) is 10.4 Å². The standard InChI is InChI=1S/C19H18FN3O3S.ClH/c1-22(2)6-7-23(18(24)12-4-3-5-13(20)8-12)19-21-14-9-15-16(26-11-25-15)10-17(14)27-19;/h3-5,8-10H,6-7,11H2,1-2H3;1H. The number of anilines is 1. The first-order valence-corrected chi connectivity index (χ1v) is 9.25. The van der Waals surface area contributed by atoms with Crippen LogP contribution in [-0.4, -0.2) is 49.8 Å². The predicted octanol–water partition coefficient (Wildman–Crippen LogP) is 3.79. The summed E-state index contributed by atoms with van der Waals surface area (Å²) >= 11 is 1.40. The SMILES string of the molecule is CN(C)CCN(C(=O)c1cccc(F)c1)c1nc2cc3c(cc2s1)OCO3.Cl. The van der Waals surface area contributed by atoms with E-state index in [0.717, 1.165) is 10.2 Å². The quantitative estimate of drug-likeness (QED) is 0.625. The number of likely N-dealkylation sites (N-methyl/N-ethyl adjacent to an activating group) is 1. The van der Waals surface area contributed by atoms with Crippen molar-refractivity contribution < 1.29 is 18.7 Å². The Labute approximate surface area is 171 Å². The summed E-state index contributed by atoms with van der Waals surface area (Å²) in [7, 11) is 3.87. The molecular formula is C19H19ClFN3O3S. The molecule has 4 rings (SSSR count). The van der Waals surface area contributed by atoms with Crippen molar-refractivity contribution >= 4 is 45.0 Å². The third-order valence-electron chi connectivity index (χ3n) is 4.19. The Hall–Kier alpha value is -2.42. The van der Waals surface area contributed by atoms with Crippen LogP contribution in [0.4, 0.5) is 9.52 Å². The molecule has 0 atom stereocenters. The van der Waals surface area contributed by atoms with Crippen molar-refractivity contribution in [1.29, 1.82) is 0 Å². The number of rotatable bonds is 5.